The van der Waals surface area contributed by atoms with Crippen LogP contribution in [-0.2, 0) is 12.8 Å². The van der Waals surface area contributed by atoms with Crippen LogP contribution in [0.4, 0.5) is 0 Å². The zero-order chi connectivity index (χ0) is 15.5. The van der Waals surface area contributed by atoms with Gasteiger partial charge in [-0.25, -0.2) is 0 Å². The monoisotopic (exact) mass is 313 g/mol. The molecule has 5 nitrogen and oxygen atoms in total. The van der Waals surface area contributed by atoms with Crippen molar-refractivity contribution in [3.63, 3.8) is 0 Å². The van der Waals surface area contributed by atoms with Crippen LogP contribution in [0.1, 0.15) is 11.1 Å². The summed E-state index contributed by atoms with van der Waals surface area (Å²) >= 11 is 1.42. The minimum absolute atomic E-state index is 0.0239. The topological polar surface area (TPSA) is 60.9 Å². The van der Waals surface area contributed by atoms with E-state index in [-0.39, 0.29) is 5.56 Å². The number of nitrogens with zero attached hydrogens (tertiary/aromatic N) is 3. The summed E-state index contributed by atoms with van der Waals surface area (Å²) in [5.41, 5.74) is 2.94. The molecule has 0 bridgehead atoms. The summed E-state index contributed by atoms with van der Waals surface area (Å²) in [5.74, 6) is 1.13. The van der Waals surface area contributed by atoms with Crippen LogP contribution in [0.5, 0.6) is 0 Å². The number of rotatable bonds is 4. The van der Waals surface area contributed by atoms with E-state index in [1.807, 2.05) is 37.3 Å². The van der Waals surface area contributed by atoms with Crippen molar-refractivity contribution in [3.05, 3.63) is 64.1 Å². The van der Waals surface area contributed by atoms with Gasteiger partial charge in [0, 0.05) is 30.6 Å². The molecule has 0 fully saturated rings. The highest BCUT2D eigenvalue weighted by atomic mass is 32.2. The van der Waals surface area contributed by atoms with Gasteiger partial charge < -0.3 is 8.98 Å². The van der Waals surface area contributed by atoms with Gasteiger partial charge in [0.25, 0.3) is 10.8 Å². The van der Waals surface area contributed by atoms with Crippen molar-refractivity contribution < 1.29 is 4.42 Å². The first-order valence-electron chi connectivity index (χ1n) is 6.81. The molecule has 0 saturated heterocycles. The maximum Gasteiger partial charge on any atom is 0.277 e. The maximum absolute atomic E-state index is 11.6. The van der Waals surface area contributed by atoms with Crippen molar-refractivity contribution in [2.24, 2.45) is 7.05 Å². The van der Waals surface area contributed by atoms with E-state index in [1.54, 1.807) is 19.3 Å². The average Bonchev–Trinajstić information content (AvgIpc) is 2.98. The van der Waals surface area contributed by atoms with Crippen LogP contribution in [-0.4, -0.2) is 14.8 Å². The lowest BCUT2D eigenvalue weighted by Gasteiger charge is -2.00. The van der Waals surface area contributed by atoms with Gasteiger partial charge in [-0.05, 0) is 30.2 Å². The molecule has 0 saturated carbocycles. The van der Waals surface area contributed by atoms with Crippen LogP contribution < -0.4 is 5.56 Å². The molecule has 22 heavy (non-hydrogen) atoms. The molecule has 2 heterocycles. The first kappa shape index (κ1) is 14.6. The van der Waals surface area contributed by atoms with Crippen molar-refractivity contribution in [2.75, 3.05) is 0 Å². The molecule has 0 radical (unpaired) electrons. The smallest absolute Gasteiger partial charge is 0.277 e. The zero-order valence-electron chi connectivity index (χ0n) is 12.3. The summed E-state index contributed by atoms with van der Waals surface area (Å²) in [6.45, 7) is 2.01. The largest absolute Gasteiger partial charge is 0.411 e. The summed E-state index contributed by atoms with van der Waals surface area (Å²) in [6, 6.07) is 11.4. The fourth-order valence-corrected chi connectivity index (χ4v) is 2.72. The zero-order valence-corrected chi connectivity index (χ0v) is 13.1. The molecular weight excluding hydrogens is 298 g/mol. The number of hydrogen-bond acceptors (Lipinski definition) is 5. The summed E-state index contributed by atoms with van der Waals surface area (Å²) in [6.07, 6.45) is 1.75. The van der Waals surface area contributed by atoms with E-state index < -0.39 is 0 Å². The van der Waals surface area contributed by atoms with Gasteiger partial charge in [0.2, 0.25) is 5.89 Å². The summed E-state index contributed by atoms with van der Waals surface area (Å²) in [7, 11) is 1.73. The minimum atomic E-state index is -0.0239. The summed E-state index contributed by atoms with van der Waals surface area (Å²) < 4.78 is 7.22. The Balaban J connectivity index is 1.73. The van der Waals surface area contributed by atoms with Gasteiger partial charge in [0.1, 0.15) is 0 Å². The van der Waals surface area contributed by atoms with Gasteiger partial charge >= 0.3 is 0 Å². The van der Waals surface area contributed by atoms with Crippen LogP contribution in [0, 0.1) is 6.92 Å². The quantitative estimate of drug-likeness (QED) is 0.693. The number of aryl methyl sites for hydroxylation is 2. The molecule has 2 aromatic heterocycles. The normalized spacial score (nSPS) is 10.8. The fourth-order valence-electron chi connectivity index (χ4n) is 2.01. The van der Waals surface area contributed by atoms with Crippen molar-refractivity contribution >= 4 is 11.8 Å². The lowest BCUT2D eigenvalue weighted by atomic mass is 10.1. The molecule has 0 amide bonds. The standard InChI is InChI=1S/C16H15N3O2S/c1-11-5-3-4-6-13(11)15-17-18-16(21-15)22-10-12-7-8-19(2)14(20)9-12/h3-9H,10H2,1-2H3. The van der Waals surface area contributed by atoms with Crippen molar-refractivity contribution in [1.82, 2.24) is 14.8 Å². The Labute approximate surface area is 132 Å². The van der Waals surface area contributed by atoms with Gasteiger partial charge in [-0.2, -0.15) is 0 Å². The highest BCUT2D eigenvalue weighted by molar-refractivity contribution is 7.98. The van der Waals surface area contributed by atoms with Gasteiger partial charge in [0.15, 0.2) is 0 Å². The number of thioether (sulfide) groups is 1. The molecule has 0 spiro atoms. The first-order valence-corrected chi connectivity index (χ1v) is 7.80. The van der Waals surface area contributed by atoms with E-state index in [4.69, 9.17) is 4.42 Å². The Hall–Kier alpha value is -2.34. The Morgan fingerprint density at radius 3 is 2.82 bits per heavy atom. The van der Waals surface area contributed by atoms with Crippen LogP contribution in [0.25, 0.3) is 11.5 Å². The minimum Gasteiger partial charge on any atom is -0.411 e. The fraction of sp³-hybridized carbons (Fsp3) is 0.188. The van der Waals surface area contributed by atoms with Crippen LogP contribution in [0.3, 0.4) is 0 Å². The second-order valence-electron chi connectivity index (χ2n) is 4.96. The molecule has 0 unspecified atom stereocenters. The number of pyridine rings is 1. The predicted molar refractivity (Wildman–Crippen MR) is 85.7 cm³/mol. The van der Waals surface area contributed by atoms with Crippen molar-refractivity contribution in [1.29, 1.82) is 0 Å². The molecule has 0 atom stereocenters. The summed E-state index contributed by atoms with van der Waals surface area (Å²) in [4.78, 5) is 11.6. The first-order chi connectivity index (χ1) is 10.6. The third-order valence-corrected chi connectivity index (χ3v) is 4.20. The Kier molecular flexibility index (Phi) is 4.11. The molecule has 112 valence electrons. The Morgan fingerprint density at radius 1 is 1.23 bits per heavy atom. The van der Waals surface area contributed by atoms with E-state index >= 15 is 0 Å². The maximum atomic E-state index is 11.6. The van der Waals surface area contributed by atoms with Gasteiger partial charge in [0.05, 0.1) is 0 Å². The average molecular weight is 313 g/mol. The van der Waals surface area contributed by atoms with Gasteiger partial charge in [-0.1, -0.05) is 30.0 Å². The Bertz CT molecular complexity index is 854. The van der Waals surface area contributed by atoms with E-state index in [9.17, 15) is 4.79 Å². The lowest BCUT2D eigenvalue weighted by Crippen LogP contribution is -2.14. The molecular formula is C16H15N3O2S. The third kappa shape index (κ3) is 3.12. The molecule has 1 aromatic carbocycles. The third-order valence-electron chi connectivity index (χ3n) is 3.31. The van der Waals surface area contributed by atoms with E-state index in [0.717, 1.165) is 16.7 Å². The lowest BCUT2D eigenvalue weighted by molar-refractivity contribution is 0.465. The molecule has 6 heteroatoms. The highest BCUT2D eigenvalue weighted by Gasteiger charge is 2.11. The van der Waals surface area contributed by atoms with Gasteiger partial charge in [-0.15, -0.1) is 10.2 Å². The van der Waals surface area contributed by atoms with Crippen LogP contribution in [0.2, 0.25) is 0 Å². The van der Waals surface area contributed by atoms with Crippen molar-refractivity contribution in [2.45, 2.75) is 17.9 Å². The number of benzene rings is 1. The molecule has 3 rings (SSSR count). The predicted octanol–water partition coefficient (Wildman–Crippen LogP) is 3.04. The number of aromatic nitrogens is 3. The van der Waals surface area contributed by atoms with Crippen LogP contribution >= 0.6 is 11.8 Å². The number of hydrogen-bond donors (Lipinski definition) is 0. The SMILES string of the molecule is Cc1ccccc1-c1nnc(SCc2ccn(C)c(=O)c2)o1. The molecule has 0 aliphatic rings. The molecule has 0 aliphatic carbocycles. The second-order valence-corrected chi connectivity index (χ2v) is 5.89. The molecule has 0 N–H and O–H groups in total. The molecule has 0 aliphatic heterocycles. The molecule has 3 aromatic rings. The Morgan fingerprint density at radius 2 is 2.05 bits per heavy atom. The van der Waals surface area contributed by atoms with E-state index in [0.29, 0.717) is 16.9 Å². The summed E-state index contributed by atoms with van der Waals surface area (Å²) in [5, 5.41) is 8.64. The van der Waals surface area contributed by atoms with Gasteiger partial charge in [-0.3, -0.25) is 4.79 Å². The highest BCUT2D eigenvalue weighted by Crippen LogP contribution is 2.26. The van der Waals surface area contributed by atoms with E-state index in [1.165, 1.54) is 16.3 Å². The van der Waals surface area contributed by atoms with Crippen LogP contribution in [0.15, 0.2) is 57.0 Å². The van der Waals surface area contributed by atoms with Crippen molar-refractivity contribution in [3.8, 4) is 11.5 Å². The second kappa shape index (κ2) is 6.19. The van der Waals surface area contributed by atoms with E-state index in [2.05, 4.69) is 10.2 Å².